The Kier molecular flexibility index (Phi) is 5.48. The molecule has 2 saturated heterocycles. The number of rotatable bonds is 4. The van der Waals surface area contributed by atoms with Crippen LogP contribution in [0.3, 0.4) is 0 Å². The molecule has 2 fully saturated rings. The number of anilines is 2. The molecule has 0 bridgehead atoms. The molecular weight excluding hydrogens is 434 g/mol. The van der Waals surface area contributed by atoms with Gasteiger partial charge in [-0.25, -0.2) is 18.6 Å². The monoisotopic (exact) mass is 456 g/mol. The molecule has 1 unspecified atom stereocenters. The molecule has 2 atom stereocenters. The maximum absolute atomic E-state index is 13.7. The summed E-state index contributed by atoms with van der Waals surface area (Å²) >= 11 is 1.38. The molecule has 0 spiro atoms. The molecule has 5 rings (SSSR count). The van der Waals surface area contributed by atoms with E-state index >= 15 is 0 Å². The van der Waals surface area contributed by atoms with Crippen LogP contribution in [0, 0.1) is 0 Å². The van der Waals surface area contributed by atoms with Gasteiger partial charge in [-0.15, -0.1) is 0 Å². The number of amides is 2. The molecule has 168 valence electrons. The number of fused-ring (bicyclic) bond motifs is 1. The summed E-state index contributed by atoms with van der Waals surface area (Å²) in [4.78, 5) is 23.8. The van der Waals surface area contributed by atoms with Crippen LogP contribution in [0.15, 0.2) is 4.52 Å². The predicted molar refractivity (Wildman–Crippen MR) is 105 cm³/mol. The third-order valence-corrected chi connectivity index (χ3v) is 6.47. The van der Waals surface area contributed by atoms with Crippen LogP contribution < -0.4 is 15.5 Å². The van der Waals surface area contributed by atoms with E-state index in [0.717, 1.165) is 17.0 Å². The van der Waals surface area contributed by atoms with Gasteiger partial charge < -0.3 is 24.2 Å². The van der Waals surface area contributed by atoms with E-state index < -0.39 is 18.4 Å². The van der Waals surface area contributed by atoms with Gasteiger partial charge in [0.05, 0.1) is 31.5 Å². The van der Waals surface area contributed by atoms with Crippen molar-refractivity contribution in [1.82, 2.24) is 20.4 Å². The van der Waals surface area contributed by atoms with Gasteiger partial charge in [0.15, 0.2) is 5.13 Å². The van der Waals surface area contributed by atoms with E-state index in [9.17, 15) is 13.6 Å². The van der Waals surface area contributed by atoms with Gasteiger partial charge in [0.1, 0.15) is 6.10 Å². The highest BCUT2D eigenvalue weighted by atomic mass is 32.1. The number of nitrogens with zero attached hydrogens (tertiary/aromatic N) is 4. The first-order chi connectivity index (χ1) is 14.9. The Labute approximate surface area is 180 Å². The number of aromatic nitrogens is 3. The van der Waals surface area contributed by atoms with E-state index in [1.54, 1.807) is 0 Å². The van der Waals surface area contributed by atoms with Crippen LogP contribution in [0.25, 0.3) is 0 Å². The molecule has 0 aliphatic carbocycles. The molecule has 3 aliphatic rings. The van der Waals surface area contributed by atoms with Crippen LogP contribution in [0.1, 0.15) is 41.8 Å². The number of halogens is 2. The van der Waals surface area contributed by atoms with Gasteiger partial charge >= 0.3 is 12.0 Å². The second-order valence-electron chi connectivity index (χ2n) is 7.82. The lowest BCUT2D eigenvalue weighted by Crippen LogP contribution is -2.38. The van der Waals surface area contributed by atoms with Crippen molar-refractivity contribution in [2.24, 2.45) is 0 Å². The van der Waals surface area contributed by atoms with E-state index in [4.69, 9.17) is 14.0 Å². The molecular formula is C18H22F2N6O4S. The fraction of sp³-hybridized carbons (Fsp3) is 0.667. The van der Waals surface area contributed by atoms with Crippen molar-refractivity contribution in [2.45, 2.75) is 50.3 Å². The SMILES string of the molecule is O=C(Nc1nc2c(s1)CN(c1nc(C3CC(F)(F)CCO3)no1)CC2)N[C@@H]1CCOC1. The number of thiazole rings is 1. The van der Waals surface area contributed by atoms with Gasteiger partial charge in [-0.2, -0.15) is 4.98 Å². The maximum Gasteiger partial charge on any atom is 0.324 e. The summed E-state index contributed by atoms with van der Waals surface area (Å²) in [6.45, 7) is 2.21. The van der Waals surface area contributed by atoms with Crippen molar-refractivity contribution in [3.8, 4) is 0 Å². The Morgan fingerprint density at radius 1 is 1.29 bits per heavy atom. The fourth-order valence-electron chi connectivity index (χ4n) is 3.81. The van der Waals surface area contributed by atoms with E-state index in [2.05, 4.69) is 25.8 Å². The van der Waals surface area contributed by atoms with E-state index in [-0.39, 0.29) is 36.9 Å². The average molecular weight is 456 g/mol. The Morgan fingerprint density at radius 2 is 2.19 bits per heavy atom. The normalized spacial score (nSPS) is 25.3. The summed E-state index contributed by atoms with van der Waals surface area (Å²) in [5, 5.41) is 10.0. The molecule has 5 heterocycles. The molecule has 0 aromatic carbocycles. The second-order valence-corrected chi connectivity index (χ2v) is 8.91. The quantitative estimate of drug-likeness (QED) is 0.721. The summed E-state index contributed by atoms with van der Waals surface area (Å²) in [5.74, 6) is -2.65. The summed E-state index contributed by atoms with van der Waals surface area (Å²) in [5.41, 5.74) is 0.913. The third kappa shape index (κ3) is 4.62. The molecule has 10 nitrogen and oxygen atoms in total. The van der Waals surface area contributed by atoms with Crippen LogP contribution in [0.5, 0.6) is 0 Å². The Morgan fingerprint density at radius 3 is 3.00 bits per heavy atom. The zero-order chi connectivity index (χ0) is 21.4. The summed E-state index contributed by atoms with van der Waals surface area (Å²) < 4.78 is 43.3. The first-order valence-electron chi connectivity index (χ1n) is 10.2. The maximum atomic E-state index is 13.7. The van der Waals surface area contributed by atoms with E-state index in [1.807, 2.05) is 4.90 Å². The molecule has 13 heteroatoms. The average Bonchev–Trinajstić information content (AvgIpc) is 3.47. The molecule has 3 aliphatic heterocycles. The molecule has 2 aromatic heterocycles. The minimum absolute atomic E-state index is 0.0184. The van der Waals surface area contributed by atoms with Gasteiger partial charge in [0.2, 0.25) is 5.82 Å². The van der Waals surface area contributed by atoms with Crippen molar-refractivity contribution in [1.29, 1.82) is 0 Å². The van der Waals surface area contributed by atoms with Crippen molar-refractivity contribution in [3.05, 3.63) is 16.4 Å². The number of carbonyl (C=O) groups excluding carboxylic acids is 1. The van der Waals surface area contributed by atoms with E-state index in [1.165, 1.54) is 11.3 Å². The molecule has 0 saturated carbocycles. The Balaban J connectivity index is 1.21. The smallest absolute Gasteiger partial charge is 0.324 e. The number of hydrogen-bond donors (Lipinski definition) is 2. The number of urea groups is 1. The van der Waals surface area contributed by atoms with Gasteiger partial charge in [0, 0.05) is 37.3 Å². The van der Waals surface area contributed by atoms with Crippen molar-refractivity contribution >= 4 is 28.5 Å². The van der Waals surface area contributed by atoms with Crippen LogP contribution in [-0.2, 0) is 22.4 Å². The molecule has 0 radical (unpaired) electrons. The summed E-state index contributed by atoms with van der Waals surface area (Å²) in [7, 11) is 0. The molecule has 2 amide bonds. The number of alkyl halides is 2. The second kappa shape index (κ2) is 8.28. The lowest BCUT2D eigenvalue weighted by molar-refractivity contribution is -0.131. The highest BCUT2D eigenvalue weighted by Crippen LogP contribution is 2.37. The lowest BCUT2D eigenvalue weighted by Gasteiger charge is -2.27. The van der Waals surface area contributed by atoms with E-state index in [0.29, 0.717) is 37.9 Å². The first-order valence-corrected chi connectivity index (χ1v) is 11.0. The number of carbonyl (C=O) groups is 1. The first kappa shape index (κ1) is 20.5. The van der Waals surface area contributed by atoms with Gasteiger partial charge in [-0.3, -0.25) is 5.32 Å². The van der Waals surface area contributed by atoms with Crippen molar-refractivity contribution in [2.75, 3.05) is 36.6 Å². The summed E-state index contributed by atoms with van der Waals surface area (Å²) in [6, 6.07) is -0.0193. The Hall–Kier alpha value is -2.38. The third-order valence-electron chi connectivity index (χ3n) is 5.48. The zero-order valence-corrected chi connectivity index (χ0v) is 17.4. The fourth-order valence-corrected chi connectivity index (χ4v) is 4.83. The molecule has 31 heavy (non-hydrogen) atoms. The standard InChI is InChI=1S/C18H22F2N6O4S/c19-18(20)3-6-29-12(7-18)14-23-17(30-25-14)26-4-1-11-13(8-26)31-16(22-11)24-15(27)21-10-2-5-28-9-10/h10,12H,1-9H2,(H2,21,22,24,27)/t10-,12?/m1/s1. The zero-order valence-electron chi connectivity index (χ0n) is 16.6. The minimum Gasteiger partial charge on any atom is -0.379 e. The molecule has 2 N–H and O–H groups in total. The van der Waals surface area contributed by atoms with Crippen LogP contribution >= 0.6 is 11.3 Å². The van der Waals surface area contributed by atoms with Crippen LogP contribution in [0.4, 0.5) is 24.7 Å². The number of ether oxygens (including phenoxy) is 2. The number of nitrogens with one attached hydrogen (secondary N) is 2. The van der Waals surface area contributed by atoms with Gasteiger partial charge in [-0.1, -0.05) is 16.5 Å². The van der Waals surface area contributed by atoms with Crippen LogP contribution in [0.2, 0.25) is 0 Å². The van der Waals surface area contributed by atoms with Crippen LogP contribution in [-0.4, -0.2) is 59.5 Å². The predicted octanol–water partition coefficient (Wildman–Crippen LogP) is 2.49. The van der Waals surface area contributed by atoms with Crippen molar-refractivity contribution in [3.63, 3.8) is 0 Å². The summed E-state index contributed by atoms with van der Waals surface area (Å²) in [6.07, 6.45) is -0.176. The Bertz CT molecular complexity index is 947. The number of hydrogen-bond acceptors (Lipinski definition) is 9. The highest BCUT2D eigenvalue weighted by molar-refractivity contribution is 7.15. The minimum atomic E-state index is -2.78. The van der Waals surface area contributed by atoms with Crippen molar-refractivity contribution < 1.29 is 27.6 Å². The van der Waals surface area contributed by atoms with Gasteiger partial charge in [0.25, 0.3) is 5.92 Å². The molecule has 2 aromatic rings. The highest BCUT2D eigenvalue weighted by Gasteiger charge is 2.40. The largest absolute Gasteiger partial charge is 0.379 e. The lowest BCUT2D eigenvalue weighted by atomic mass is 10.0. The topological polar surface area (TPSA) is 115 Å². The van der Waals surface area contributed by atoms with Gasteiger partial charge in [-0.05, 0) is 6.42 Å².